The topological polar surface area (TPSA) is 123 Å². The molecule has 9 nitrogen and oxygen atoms in total. The Hall–Kier alpha value is -5.44. The van der Waals surface area contributed by atoms with Gasteiger partial charge in [-0.05, 0) is 47.2 Å². The van der Waals surface area contributed by atoms with Crippen LogP contribution in [-0.2, 0) is 36.9 Å². The van der Waals surface area contributed by atoms with Gasteiger partial charge in [0.25, 0.3) is 0 Å². The Morgan fingerprint density at radius 3 is 1.74 bits per heavy atom. The number of rotatable bonds is 12. The standard InChI is InChI=1S/C37H37N3O6/c1-24(34(41)39-25(2)36(43)45-22-27-15-7-4-8-16-27)38-35(42)33(21-26-13-5-3-6-14-26)40-37(44)46-23-32-30-19-11-9-17-28(30)29-18-10-12-20-31(29)32/h3-20,24-25,32-33H,21-23H2,1-2H3,(H,38,42)(H,39,41)(H,40,44)/t24-,25-,33-/m0/s1. The zero-order chi connectivity index (χ0) is 32.5. The lowest BCUT2D eigenvalue weighted by Crippen LogP contribution is -2.55. The van der Waals surface area contributed by atoms with Crippen molar-refractivity contribution in [3.8, 4) is 11.1 Å². The Labute approximate surface area is 268 Å². The van der Waals surface area contributed by atoms with Gasteiger partial charge >= 0.3 is 12.1 Å². The number of alkyl carbamates (subject to hydrolysis) is 1. The normalized spacial score (nSPS) is 13.7. The Balaban J connectivity index is 1.18. The molecular formula is C37H37N3O6. The van der Waals surface area contributed by atoms with Crippen molar-refractivity contribution < 1.29 is 28.7 Å². The van der Waals surface area contributed by atoms with E-state index in [2.05, 4.69) is 28.1 Å². The maximum absolute atomic E-state index is 13.4. The molecule has 0 bridgehead atoms. The molecule has 3 N–H and O–H groups in total. The monoisotopic (exact) mass is 619 g/mol. The van der Waals surface area contributed by atoms with Crippen molar-refractivity contribution in [2.75, 3.05) is 6.61 Å². The van der Waals surface area contributed by atoms with Crippen molar-refractivity contribution in [1.82, 2.24) is 16.0 Å². The Morgan fingerprint density at radius 2 is 1.13 bits per heavy atom. The first-order valence-electron chi connectivity index (χ1n) is 15.3. The average Bonchev–Trinajstić information content (AvgIpc) is 3.40. The molecule has 236 valence electrons. The summed E-state index contributed by atoms with van der Waals surface area (Å²) in [5.41, 5.74) is 6.01. The fourth-order valence-corrected chi connectivity index (χ4v) is 5.47. The van der Waals surface area contributed by atoms with E-state index in [1.807, 2.05) is 97.1 Å². The highest BCUT2D eigenvalue weighted by atomic mass is 16.5. The Morgan fingerprint density at radius 1 is 0.609 bits per heavy atom. The second-order valence-corrected chi connectivity index (χ2v) is 11.3. The van der Waals surface area contributed by atoms with Crippen LogP contribution in [-0.4, -0.2) is 48.6 Å². The van der Waals surface area contributed by atoms with Crippen molar-refractivity contribution >= 4 is 23.9 Å². The number of fused-ring (bicyclic) bond motifs is 3. The molecule has 0 radical (unpaired) electrons. The second-order valence-electron chi connectivity index (χ2n) is 11.3. The van der Waals surface area contributed by atoms with E-state index in [0.717, 1.165) is 33.4 Å². The van der Waals surface area contributed by atoms with Crippen molar-refractivity contribution in [2.45, 2.75) is 50.9 Å². The third kappa shape index (κ3) is 7.98. The molecule has 1 aliphatic carbocycles. The van der Waals surface area contributed by atoms with E-state index < -0.39 is 42.0 Å². The molecule has 4 aromatic rings. The zero-order valence-electron chi connectivity index (χ0n) is 25.8. The largest absolute Gasteiger partial charge is 0.459 e. The van der Waals surface area contributed by atoms with Gasteiger partial charge in [0.05, 0.1) is 0 Å². The van der Waals surface area contributed by atoms with Crippen LogP contribution >= 0.6 is 0 Å². The summed E-state index contributed by atoms with van der Waals surface area (Å²) in [5, 5.41) is 7.93. The van der Waals surface area contributed by atoms with Crippen LogP contribution in [0.4, 0.5) is 4.79 Å². The van der Waals surface area contributed by atoms with Crippen molar-refractivity contribution in [3.05, 3.63) is 131 Å². The average molecular weight is 620 g/mol. The molecule has 0 fully saturated rings. The van der Waals surface area contributed by atoms with E-state index >= 15 is 0 Å². The lowest BCUT2D eigenvalue weighted by Gasteiger charge is -2.22. The van der Waals surface area contributed by atoms with E-state index in [1.165, 1.54) is 13.8 Å². The van der Waals surface area contributed by atoms with Crippen LogP contribution < -0.4 is 16.0 Å². The summed E-state index contributed by atoms with van der Waals surface area (Å²) in [4.78, 5) is 51.8. The van der Waals surface area contributed by atoms with Gasteiger partial charge in [-0.15, -0.1) is 0 Å². The number of esters is 1. The fraction of sp³-hybridized carbons (Fsp3) is 0.243. The molecule has 3 atom stereocenters. The Kier molecular flexibility index (Phi) is 10.4. The van der Waals surface area contributed by atoms with Gasteiger partial charge in [-0.25, -0.2) is 9.59 Å². The number of benzene rings is 4. The highest BCUT2D eigenvalue weighted by Crippen LogP contribution is 2.44. The predicted molar refractivity (Wildman–Crippen MR) is 174 cm³/mol. The molecule has 1 aliphatic rings. The zero-order valence-corrected chi connectivity index (χ0v) is 25.8. The van der Waals surface area contributed by atoms with Crippen LogP contribution in [0.2, 0.25) is 0 Å². The summed E-state index contributed by atoms with van der Waals surface area (Å²) in [6, 6.07) is 31.5. The molecule has 0 aromatic heterocycles. The number of hydrogen-bond donors (Lipinski definition) is 3. The van der Waals surface area contributed by atoms with E-state index in [1.54, 1.807) is 0 Å². The predicted octanol–water partition coefficient (Wildman–Crippen LogP) is 4.89. The highest BCUT2D eigenvalue weighted by Gasteiger charge is 2.31. The second kappa shape index (κ2) is 15.0. The molecule has 4 aromatic carbocycles. The molecule has 0 spiro atoms. The molecule has 0 saturated carbocycles. The summed E-state index contributed by atoms with van der Waals surface area (Å²) in [6.45, 7) is 3.18. The lowest BCUT2D eigenvalue weighted by molar-refractivity contribution is -0.148. The van der Waals surface area contributed by atoms with E-state index in [0.29, 0.717) is 0 Å². The number of carbonyl (C=O) groups excluding carboxylic acids is 4. The van der Waals surface area contributed by atoms with Crippen LogP contribution in [0.15, 0.2) is 109 Å². The summed E-state index contributed by atoms with van der Waals surface area (Å²) < 4.78 is 11.0. The minimum Gasteiger partial charge on any atom is -0.459 e. The van der Waals surface area contributed by atoms with E-state index in [-0.39, 0.29) is 25.6 Å². The van der Waals surface area contributed by atoms with Crippen molar-refractivity contribution in [3.63, 3.8) is 0 Å². The maximum Gasteiger partial charge on any atom is 0.407 e. The summed E-state index contributed by atoms with van der Waals surface area (Å²) in [5.74, 6) is -1.88. The first-order valence-corrected chi connectivity index (χ1v) is 15.3. The smallest absolute Gasteiger partial charge is 0.407 e. The number of hydrogen-bond acceptors (Lipinski definition) is 6. The first-order chi connectivity index (χ1) is 22.3. The molecule has 0 aliphatic heterocycles. The number of carbonyl (C=O) groups is 4. The van der Waals surface area contributed by atoms with E-state index in [4.69, 9.17) is 9.47 Å². The molecular weight excluding hydrogens is 582 g/mol. The molecule has 46 heavy (non-hydrogen) atoms. The van der Waals surface area contributed by atoms with Crippen molar-refractivity contribution in [1.29, 1.82) is 0 Å². The fourth-order valence-electron chi connectivity index (χ4n) is 5.47. The van der Waals surface area contributed by atoms with Crippen molar-refractivity contribution in [2.24, 2.45) is 0 Å². The highest BCUT2D eigenvalue weighted by molar-refractivity contribution is 5.93. The minimum atomic E-state index is -1.03. The minimum absolute atomic E-state index is 0.0783. The van der Waals surface area contributed by atoms with Gasteiger partial charge in [0.1, 0.15) is 31.3 Å². The quantitative estimate of drug-likeness (QED) is 0.194. The SMILES string of the molecule is C[C@H](NC(=O)[C@H](Cc1ccccc1)NC(=O)OCC1c2ccccc2-c2ccccc21)C(=O)N[C@@H](C)C(=O)OCc1ccccc1. The summed E-state index contributed by atoms with van der Waals surface area (Å²) in [7, 11) is 0. The molecule has 0 unspecified atom stereocenters. The molecule has 0 heterocycles. The van der Waals surface area contributed by atoms with Gasteiger partial charge < -0.3 is 25.4 Å². The number of amides is 3. The van der Waals surface area contributed by atoms with E-state index in [9.17, 15) is 19.2 Å². The maximum atomic E-state index is 13.4. The number of ether oxygens (including phenoxy) is 2. The van der Waals surface area contributed by atoms with Gasteiger partial charge in [0, 0.05) is 12.3 Å². The first kappa shape index (κ1) is 32.0. The van der Waals surface area contributed by atoms with Gasteiger partial charge in [-0.2, -0.15) is 0 Å². The van der Waals surface area contributed by atoms with Gasteiger partial charge in [0.2, 0.25) is 11.8 Å². The van der Waals surface area contributed by atoms with Gasteiger partial charge in [-0.3, -0.25) is 9.59 Å². The molecule has 9 heteroatoms. The van der Waals surface area contributed by atoms with Crippen LogP contribution in [0.1, 0.15) is 42.0 Å². The number of nitrogens with one attached hydrogen (secondary N) is 3. The Bertz CT molecular complexity index is 1630. The van der Waals surface area contributed by atoms with Gasteiger partial charge in [-0.1, -0.05) is 109 Å². The van der Waals surface area contributed by atoms with Crippen LogP contribution in [0.5, 0.6) is 0 Å². The van der Waals surface area contributed by atoms with Crippen LogP contribution in [0.3, 0.4) is 0 Å². The van der Waals surface area contributed by atoms with Crippen LogP contribution in [0, 0.1) is 0 Å². The molecule has 0 saturated heterocycles. The molecule has 5 rings (SSSR count). The summed E-state index contributed by atoms with van der Waals surface area (Å²) in [6.07, 6.45) is -0.571. The summed E-state index contributed by atoms with van der Waals surface area (Å²) >= 11 is 0. The third-order valence-electron chi connectivity index (χ3n) is 7.92. The third-order valence-corrected chi connectivity index (χ3v) is 7.92. The van der Waals surface area contributed by atoms with Gasteiger partial charge in [0.15, 0.2) is 0 Å². The lowest BCUT2D eigenvalue weighted by atomic mass is 9.98. The van der Waals surface area contributed by atoms with Crippen LogP contribution in [0.25, 0.3) is 11.1 Å². The molecule has 3 amide bonds.